The maximum absolute atomic E-state index is 13.4. The van der Waals surface area contributed by atoms with Gasteiger partial charge in [0.2, 0.25) is 0 Å². The third-order valence-electron chi connectivity index (χ3n) is 6.66. The number of quaternary nitrogens is 1. The van der Waals surface area contributed by atoms with E-state index in [0.29, 0.717) is 17.3 Å². The summed E-state index contributed by atoms with van der Waals surface area (Å²) in [5.74, 6) is 0. The predicted octanol–water partition coefficient (Wildman–Crippen LogP) is 5.57. The van der Waals surface area contributed by atoms with Crippen molar-refractivity contribution in [3.63, 3.8) is 0 Å². The first kappa shape index (κ1) is 20.3. The standard InChI is InChI=1S/C28H25N2O2S/c1-30(2,3)16-6-15-29-27(31)20-11-10-19-24-18-8-5-4-7-17(18)9-13-22(24)33-23-14-12-21(28(29)32)25(20)26(19)23/h4-5,7-14H,6,15-16H2,1-3H3/q+1. The van der Waals surface area contributed by atoms with Gasteiger partial charge in [-0.25, -0.2) is 0 Å². The Labute approximate surface area is 194 Å². The molecule has 0 bridgehead atoms. The maximum Gasteiger partial charge on any atom is 0.261 e. The summed E-state index contributed by atoms with van der Waals surface area (Å²) >= 11 is 1.72. The molecule has 4 aromatic carbocycles. The van der Waals surface area contributed by atoms with E-state index in [1.54, 1.807) is 11.3 Å². The second-order valence-electron chi connectivity index (χ2n) is 9.91. The molecule has 0 aliphatic heterocycles. The third kappa shape index (κ3) is 3.07. The highest BCUT2D eigenvalue weighted by molar-refractivity contribution is 7.25. The molecule has 0 radical (unpaired) electrons. The molecule has 33 heavy (non-hydrogen) atoms. The van der Waals surface area contributed by atoms with Gasteiger partial charge < -0.3 is 4.48 Å². The van der Waals surface area contributed by atoms with Crippen molar-refractivity contribution >= 4 is 63.8 Å². The van der Waals surface area contributed by atoms with Crippen LogP contribution in [-0.2, 0) is 6.54 Å². The highest BCUT2D eigenvalue weighted by Gasteiger charge is 2.19. The van der Waals surface area contributed by atoms with Crippen LogP contribution in [0.1, 0.15) is 6.42 Å². The molecule has 0 saturated heterocycles. The molecular formula is C28H25N2O2S+. The maximum atomic E-state index is 13.4. The average Bonchev–Trinajstić information content (AvgIpc) is 2.79. The van der Waals surface area contributed by atoms with E-state index in [-0.39, 0.29) is 11.1 Å². The van der Waals surface area contributed by atoms with Crippen molar-refractivity contribution in [3.8, 4) is 0 Å². The van der Waals surface area contributed by atoms with Crippen LogP contribution in [0, 0.1) is 0 Å². The van der Waals surface area contributed by atoms with Crippen molar-refractivity contribution < 1.29 is 4.48 Å². The van der Waals surface area contributed by atoms with E-state index in [9.17, 15) is 9.59 Å². The molecule has 6 aromatic rings. The Balaban J connectivity index is 1.70. The van der Waals surface area contributed by atoms with Crippen LogP contribution in [0.3, 0.4) is 0 Å². The summed E-state index contributed by atoms with van der Waals surface area (Å²) < 4.78 is 4.56. The highest BCUT2D eigenvalue weighted by Crippen LogP contribution is 2.42. The van der Waals surface area contributed by atoms with Crippen LogP contribution in [0.25, 0.3) is 52.5 Å². The molecule has 0 fully saturated rings. The summed E-state index contributed by atoms with van der Waals surface area (Å²) in [6.07, 6.45) is 0.783. The minimum absolute atomic E-state index is 0.175. The molecule has 0 atom stereocenters. The minimum Gasteiger partial charge on any atom is -0.331 e. The lowest BCUT2D eigenvalue weighted by Gasteiger charge is -2.23. The molecule has 0 saturated carbocycles. The first-order chi connectivity index (χ1) is 15.8. The molecule has 0 N–H and O–H groups in total. The summed E-state index contributed by atoms with van der Waals surface area (Å²) in [7, 11) is 6.36. The number of pyridine rings is 1. The summed E-state index contributed by atoms with van der Waals surface area (Å²) in [4.78, 5) is 26.9. The number of hydrogen-bond acceptors (Lipinski definition) is 3. The van der Waals surface area contributed by atoms with E-state index in [2.05, 4.69) is 63.6 Å². The Kier molecular flexibility index (Phi) is 4.38. The number of aromatic nitrogens is 1. The molecule has 2 heterocycles. The van der Waals surface area contributed by atoms with Crippen molar-refractivity contribution in [1.29, 1.82) is 0 Å². The SMILES string of the molecule is C[N+](C)(C)CCCn1c(=O)c2ccc3sc4ccc5ccccc5c4c4ccc(c1=O)c2c34. The average molecular weight is 454 g/mol. The predicted molar refractivity (Wildman–Crippen MR) is 141 cm³/mol. The molecule has 0 aliphatic rings. The van der Waals surface area contributed by atoms with E-state index in [1.807, 2.05) is 18.2 Å². The normalized spacial score (nSPS) is 12.7. The van der Waals surface area contributed by atoms with Crippen molar-refractivity contribution in [1.82, 2.24) is 4.57 Å². The van der Waals surface area contributed by atoms with E-state index >= 15 is 0 Å². The topological polar surface area (TPSA) is 39.1 Å². The Hall–Kier alpha value is -3.28. The molecule has 0 spiro atoms. The number of fused-ring (bicyclic) bond motifs is 4. The fraction of sp³-hybridized carbons (Fsp3) is 0.214. The molecule has 5 heteroatoms. The highest BCUT2D eigenvalue weighted by atomic mass is 32.1. The van der Waals surface area contributed by atoms with Gasteiger partial charge in [-0.1, -0.05) is 36.4 Å². The Morgan fingerprint density at radius 3 is 2.09 bits per heavy atom. The van der Waals surface area contributed by atoms with Crippen LogP contribution < -0.4 is 11.1 Å². The first-order valence-electron chi connectivity index (χ1n) is 11.3. The zero-order chi connectivity index (χ0) is 22.9. The van der Waals surface area contributed by atoms with E-state index in [1.165, 1.54) is 25.4 Å². The number of benzene rings is 4. The van der Waals surface area contributed by atoms with Gasteiger partial charge >= 0.3 is 0 Å². The Morgan fingerprint density at radius 2 is 1.33 bits per heavy atom. The van der Waals surface area contributed by atoms with Crippen molar-refractivity contribution in [2.75, 3.05) is 27.7 Å². The number of nitrogens with zero attached hydrogens (tertiary/aromatic N) is 2. The quantitative estimate of drug-likeness (QED) is 0.199. The fourth-order valence-corrected chi connectivity index (χ4v) is 6.28. The van der Waals surface area contributed by atoms with Gasteiger partial charge in [0.05, 0.1) is 27.7 Å². The van der Waals surface area contributed by atoms with Gasteiger partial charge in [-0.05, 0) is 40.4 Å². The zero-order valence-corrected chi connectivity index (χ0v) is 19.8. The van der Waals surface area contributed by atoms with Crippen LogP contribution in [0.15, 0.2) is 70.3 Å². The summed E-state index contributed by atoms with van der Waals surface area (Å²) in [5.41, 5.74) is -0.349. The van der Waals surface area contributed by atoms with E-state index < -0.39 is 0 Å². The monoisotopic (exact) mass is 453 g/mol. The second-order valence-corrected chi connectivity index (χ2v) is 11.0. The van der Waals surface area contributed by atoms with Gasteiger partial charge in [0, 0.05) is 49.3 Å². The van der Waals surface area contributed by atoms with Crippen molar-refractivity contribution in [2.45, 2.75) is 13.0 Å². The van der Waals surface area contributed by atoms with Gasteiger partial charge in [0.15, 0.2) is 0 Å². The largest absolute Gasteiger partial charge is 0.331 e. The Bertz CT molecular complexity index is 1790. The lowest BCUT2D eigenvalue weighted by atomic mass is 9.95. The Morgan fingerprint density at radius 1 is 0.697 bits per heavy atom. The molecule has 0 amide bonds. The molecule has 0 unspecified atom stereocenters. The van der Waals surface area contributed by atoms with Crippen LogP contribution in [0.5, 0.6) is 0 Å². The molecule has 6 rings (SSSR count). The summed E-state index contributed by atoms with van der Waals surface area (Å²) in [6.45, 7) is 1.34. The van der Waals surface area contributed by atoms with Crippen LogP contribution in [0.4, 0.5) is 0 Å². The molecule has 2 aromatic heterocycles. The van der Waals surface area contributed by atoms with E-state index in [0.717, 1.165) is 38.3 Å². The fourth-order valence-electron chi connectivity index (χ4n) is 5.14. The molecule has 4 nitrogen and oxygen atoms in total. The lowest BCUT2D eigenvalue weighted by molar-refractivity contribution is -0.870. The smallest absolute Gasteiger partial charge is 0.261 e. The molecular weight excluding hydrogens is 428 g/mol. The van der Waals surface area contributed by atoms with Gasteiger partial charge in [-0.15, -0.1) is 11.3 Å². The zero-order valence-electron chi connectivity index (χ0n) is 19.0. The lowest BCUT2D eigenvalue weighted by Crippen LogP contribution is -2.38. The van der Waals surface area contributed by atoms with Crippen molar-refractivity contribution in [3.05, 3.63) is 81.4 Å². The third-order valence-corrected chi connectivity index (χ3v) is 7.78. The molecule has 0 aliphatic carbocycles. The van der Waals surface area contributed by atoms with Crippen LogP contribution in [0.2, 0.25) is 0 Å². The van der Waals surface area contributed by atoms with E-state index in [4.69, 9.17) is 0 Å². The summed E-state index contributed by atoms with van der Waals surface area (Å²) in [6, 6.07) is 20.7. The van der Waals surface area contributed by atoms with Gasteiger partial charge in [-0.3, -0.25) is 14.2 Å². The second kappa shape index (κ2) is 7.11. The van der Waals surface area contributed by atoms with Crippen LogP contribution in [-0.4, -0.2) is 36.7 Å². The minimum atomic E-state index is -0.175. The van der Waals surface area contributed by atoms with Crippen LogP contribution >= 0.6 is 11.3 Å². The van der Waals surface area contributed by atoms with Gasteiger partial charge in [0.1, 0.15) is 0 Å². The first-order valence-corrected chi connectivity index (χ1v) is 12.1. The number of rotatable bonds is 4. The van der Waals surface area contributed by atoms with Gasteiger partial charge in [-0.2, -0.15) is 0 Å². The van der Waals surface area contributed by atoms with Crippen molar-refractivity contribution in [2.24, 2.45) is 0 Å². The number of hydrogen-bond donors (Lipinski definition) is 0. The molecule has 164 valence electrons. The summed E-state index contributed by atoms with van der Waals surface area (Å²) in [5, 5.41) is 7.82. The van der Waals surface area contributed by atoms with Gasteiger partial charge in [0.25, 0.3) is 11.1 Å².